The number of aryl methyl sites for hydroxylation is 1. The number of methoxy groups -OCH3 is 1. The number of para-hydroxylation sites is 1. The number of hydrogen-bond donors (Lipinski definition) is 1. The number of esters is 1. The Labute approximate surface area is 167 Å². The number of aromatic nitrogens is 2. The number of ether oxygens (including phenoxy) is 1. The molecule has 0 aliphatic carbocycles. The first-order valence-corrected chi connectivity index (χ1v) is 9.73. The van der Waals surface area contributed by atoms with E-state index >= 15 is 0 Å². The zero-order chi connectivity index (χ0) is 19.9. The molecule has 2 aromatic carbocycles. The SMILES string of the molecule is COC(=O)CNC(=O)CSc1ncc(-c2ccc(C)cc2)n1-c1ccccc1. The van der Waals surface area contributed by atoms with E-state index in [0.29, 0.717) is 5.16 Å². The van der Waals surface area contributed by atoms with Gasteiger partial charge in [-0.3, -0.25) is 14.2 Å². The Kier molecular flexibility index (Phi) is 6.49. The highest BCUT2D eigenvalue weighted by Gasteiger charge is 2.15. The van der Waals surface area contributed by atoms with Gasteiger partial charge >= 0.3 is 5.97 Å². The van der Waals surface area contributed by atoms with E-state index in [0.717, 1.165) is 16.9 Å². The highest BCUT2D eigenvalue weighted by molar-refractivity contribution is 7.99. The van der Waals surface area contributed by atoms with Crippen molar-refractivity contribution < 1.29 is 14.3 Å². The summed E-state index contributed by atoms with van der Waals surface area (Å²) in [7, 11) is 1.28. The Morgan fingerprint density at radius 3 is 2.50 bits per heavy atom. The van der Waals surface area contributed by atoms with Crippen molar-refractivity contribution in [1.82, 2.24) is 14.9 Å². The second kappa shape index (κ2) is 9.23. The highest BCUT2D eigenvalue weighted by Crippen LogP contribution is 2.29. The Hall–Kier alpha value is -3.06. The van der Waals surface area contributed by atoms with Gasteiger partial charge < -0.3 is 10.1 Å². The molecule has 1 N–H and O–H groups in total. The van der Waals surface area contributed by atoms with E-state index < -0.39 is 5.97 Å². The topological polar surface area (TPSA) is 73.2 Å². The lowest BCUT2D eigenvalue weighted by Crippen LogP contribution is -2.31. The number of imidazole rings is 1. The number of nitrogens with one attached hydrogen (secondary N) is 1. The van der Waals surface area contributed by atoms with E-state index in [1.165, 1.54) is 24.4 Å². The van der Waals surface area contributed by atoms with Gasteiger partial charge in [0.1, 0.15) is 6.54 Å². The quantitative estimate of drug-likeness (QED) is 0.491. The van der Waals surface area contributed by atoms with Gasteiger partial charge in [0.15, 0.2) is 5.16 Å². The smallest absolute Gasteiger partial charge is 0.325 e. The molecule has 0 spiro atoms. The zero-order valence-corrected chi connectivity index (χ0v) is 16.5. The van der Waals surface area contributed by atoms with Gasteiger partial charge in [-0.1, -0.05) is 59.8 Å². The molecular formula is C21H21N3O3S. The second-order valence-corrected chi connectivity index (χ2v) is 7.05. The number of carbonyl (C=O) groups excluding carboxylic acids is 2. The molecule has 0 aliphatic heterocycles. The number of nitrogens with zero attached hydrogens (tertiary/aromatic N) is 2. The minimum atomic E-state index is -0.481. The first-order chi connectivity index (χ1) is 13.6. The fraction of sp³-hybridized carbons (Fsp3) is 0.190. The van der Waals surface area contributed by atoms with Gasteiger partial charge in [0, 0.05) is 11.3 Å². The van der Waals surface area contributed by atoms with E-state index in [2.05, 4.69) is 39.3 Å². The number of hydrogen-bond acceptors (Lipinski definition) is 5. The molecule has 0 atom stereocenters. The molecule has 0 bridgehead atoms. The molecule has 0 fully saturated rings. The molecule has 1 heterocycles. The summed E-state index contributed by atoms with van der Waals surface area (Å²) in [6, 6.07) is 18.1. The van der Waals surface area contributed by atoms with Crippen molar-refractivity contribution in [3.63, 3.8) is 0 Å². The molecule has 28 heavy (non-hydrogen) atoms. The lowest BCUT2D eigenvalue weighted by atomic mass is 10.1. The Morgan fingerprint density at radius 2 is 1.82 bits per heavy atom. The maximum Gasteiger partial charge on any atom is 0.325 e. The minimum absolute atomic E-state index is 0.141. The average Bonchev–Trinajstić information content (AvgIpc) is 3.15. The average molecular weight is 395 g/mol. The molecule has 144 valence electrons. The fourth-order valence-electron chi connectivity index (χ4n) is 2.62. The van der Waals surface area contributed by atoms with Crippen molar-refractivity contribution in [3.05, 3.63) is 66.4 Å². The van der Waals surface area contributed by atoms with Crippen LogP contribution in [0.4, 0.5) is 0 Å². The summed E-state index contributed by atoms with van der Waals surface area (Å²) in [6.45, 7) is 1.91. The maximum absolute atomic E-state index is 12.0. The summed E-state index contributed by atoms with van der Waals surface area (Å²) in [5.74, 6) is -0.588. The zero-order valence-electron chi connectivity index (χ0n) is 15.7. The van der Waals surface area contributed by atoms with E-state index in [4.69, 9.17) is 0 Å². The highest BCUT2D eigenvalue weighted by atomic mass is 32.2. The predicted molar refractivity (Wildman–Crippen MR) is 109 cm³/mol. The Balaban J connectivity index is 1.84. The fourth-order valence-corrected chi connectivity index (χ4v) is 3.44. The number of benzene rings is 2. The van der Waals surface area contributed by atoms with Gasteiger partial charge in [-0.15, -0.1) is 0 Å². The second-order valence-electron chi connectivity index (χ2n) is 6.10. The van der Waals surface area contributed by atoms with Crippen LogP contribution in [0.15, 0.2) is 66.0 Å². The van der Waals surface area contributed by atoms with E-state index in [1.807, 2.05) is 48.0 Å². The third-order valence-electron chi connectivity index (χ3n) is 4.08. The standard InChI is InChI=1S/C21H21N3O3S/c1-15-8-10-16(11-9-15)18-12-23-21(24(18)17-6-4-3-5-7-17)28-14-19(25)22-13-20(26)27-2/h3-12H,13-14H2,1-2H3,(H,22,25). The van der Waals surface area contributed by atoms with E-state index in [9.17, 15) is 9.59 Å². The summed E-state index contributed by atoms with van der Waals surface area (Å²) in [5, 5.41) is 3.24. The van der Waals surface area contributed by atoms with Crippen molar-refractivity contribution in [3.8, 4) is 16.9 Å². The largest absolute Gasteiger partial charge is 0.468 e. The van der Waals surface area contributed by atoms with Crippen molar-refractivity contribution in [2.75, 3.05) is 19.4 Å². The summed E-state index contributed by atoms with van der Waals surface area (Å²) in [6.07, 6.45) is 1.81. The van der Waals surface area contributed by atoms with Gasteiger partial charge in [-0.05, 0) is 19.1 Å². The van der Waals surface area contributed by atoms with Crippen LogP contribution in [0.25, 0.3) is 16.9 Å². The number of carbonyl (C=O) groups is 2. The normalized spacial score (nSPS) is 10.5. The summed E-state index contributed by atoms with van der Waals surface area (Å²) < 4.78 is 6.55. The molecule has 1 aromatic heterocycles. The molecule has 6 nitrogen and oxygen atoms in total. The van der Waals surface area contributed by atoms with Gasteiger partial charge in [0.05, 0.1) is 24.8 Å². The van der Waals surface area contributed by atoms with Crippen LogP contribution in [-0.4, -0.2) is 40.8 Å². The molecular weight excluding hydrogens is 374 g/mol. The lowest BCUT2D eigenvalue weighted by molar-refractivity contribution is -0.140. The third-order valence-corrected chi connectivity index (χ3v) is 5.03. The van der Waals surface area contributed by atoms with Crippen molar-refractivity contribution in [1.29, 1.82) is 0 Å². The van der Waals surface area contributed by atoms with Gasteiger partial charge in [-0.25, -0.2) is 4.98 Å². The molecule has 0 saturated heterocycles. The molecule has 3 aromatic rings. The van der Waals surface area contributed by atoms with E-state index in [1.54, 1.807) is 0 Å². The van der Waals surface area contributed by atoms with E-state index in [-0.39, 0.29) is 18.2 Å². The van der Waals surface area contributed by atoms with Gasteiger partial charge in [-0.2, -0.15) is 0 Å². The molecule has 0 radical (unpaired) electrons. The predicted octanol–water partition coefficient (Wildman–Crippen LogP) is 3.23. The van der Waals surface area contributed by atoms with Crippen LogP contribution in [0.5, 0.6) is 0 Å². The van der Waals surface area contributed by atoms with Gasteiger partial charge in [0.2, 0.25) is 5.91 Å². The summed E-state index contributed by atoms with van der Waals surface area (Å²) in [4.78, 5) is 27.7. The molecule has 3 rings (SSSR count). The van der Waals surface area contributed by atoms with Crippen LogP contribution < -0.4 is 5.32 Å². The van der Waals surface area contributed by atoms with Crippen molar-refractivity contribution in [2.24, 2.45) is 0 Å². The first-order valence-electron chi connectivity index (χ1n) is 8.75. The summed E-state index contributed by atoms with van der Waals surface area (Å²) in [5.41, 5.74) is 4.15. The Bertz CT molecular complexity index is 953. The molecule has 7 heteroatoms. The Morgan fingerprint density at radius 1 is 1.11 bits per heavy atom. The maximum atomic E-state index is 12.0. The van der Waals surface area contributed by atoms with Crippen LogP contribution in [0, 0.1) is 6.92 Å². The summed E-state index contributed by atoms with van der Waals surface area (Å²) >= 11 is 1.32. The van der Waals surface area contributed by atoms with Gasteiger partial charge in [0.25, 0.3) is 0 Å². The lowest BCUT2D eigenvalue weighted by Gasteiger charge is -2.12. The molecule has 1 amide bonds. The number of amides is 1. The third kappa shape index (κ3) is 4.80. The molecule has 0 unspecified atom stereocenters. The minimum Gasteiger partial charge on any atom is -0.468 e. The molecule has 0 saturated carbocycles. The van der Waals surface area contributed by atoms with Crippen molar-refractivity contribution >= 4 is 23.6 Å². The monoisotopic (exact) mass is 395 g/mol. The number of thioether (sulfide) groups is 1. The van der Waals surface area contributed by atoms with Crippen LogP contribution in [-0.2, 0) is 14.3 Å². The van der Waals surface area contributed by atoms with Crippen LogP contribution >= 0.6 is 11.8 Å². The van der Waals surface area contributed by atoms with Crippen LogP contribution in [0.2, 0.25) is 0 Å². The van der Waals surface area contributed by atoms with Crippen molar-refractivity contribution in [2.45, 2.75) is 12.1 Å². The first kappa shape index (κ1) is 19.7. The molecule has 0 aliphatic rings. The number of rotatable bonds is 7. The van der Waals surface area contributed by atoms with Crippen LogP contribution in [0.3, 0.4) is 0 Å². The van der Waals surface area contributed by atoms with Crippen LogP contribution in [0.1, 0.15) is 5.56 Å².